The molecule has 0 spiro atoms. The van der Waals surface area contributed by atoms with E-state index in [0.717, 1.165) is 0 Å². The van der Waals surface area contributed by atoms with Crippen LogP contribution in [0.5, 0.6) is 0 Å². The zero-order chi connectivity index (χ0) is 7.86. The predicted molar refractivity (Wildman–Crippen MR) is 46.7 cm³/mol. The molecule has 0 heterocycles. The van der Waals surface area contributed by atoms with Crippen LogP contribution < -0.4 is 12.4 Å². The predicted octanol–water partition coefficient (Wildman–Crippen LogP) is -1.40. The second kappa shape index (κ2) is 12.9. The standard InChI is InChI=1S/C5H14OSi.CH3.ClH.Mg/c1-5(2)6-7(3)4;;;/h5,7H,1-4H3;1H3;1H;/q;;;+1/p-1. The first-order chi connectivity index (χ1) is 4.13. The molecule has 4 heteroatoms. The molecule has 0 aliphatic carbocycles. The number of halogens is 1. The Balaban J connectivity index is -0.000000149. The summed E-state index contributed by atoms with van der Waals surface area (Å²) in [5, 5.41) is 2.03. The molecule has 0 aromatic rings. The maximum absolute atomic E-state index is 5.39. The van der Waals surface area contributed by atoms with Crippen LogP contribution in [-0.4, -0.2) is 36.9 Å². The van der Waals surface area contributed by atoms with E-state index in [-0.39, 0.29) is 12.4 Å². The summed E-state index contributed by atoms with van der Waals surface area (Å²) in [7, 11) is -0.728. The van der Waals surface area contributed by atoms with Gasteiger partial charge in [-0.25, -0.2) is 0 Å². The van der Waals surface area contributed by atoms with Gasteiger partial charge in [-0.1, -0.05) is 0 Å². The molecule has 0 aliphatic heterocycles. The van der Waals surface area contributed by atoms with Crippen LogP contribution in [0.4, 0.5) is 0 Å². The second-order valence-corrected chi connectivity index (χ2v) is 4.60. The molecule has 0 aromatic carbocycles. The van der Waals surface area contributed by atoms with E-state index in [1.165, 1.54) is 0 Å². The van der Waals surface area contributed by atoms with Crippen molar-refractivity contribution in [3.63, 3.8) is 0 Å². The van der Waals surface area contributed by atoms with Gasteiger partial charge in [0.25, 0.3) is 0 Å². The molecule has 0 N–H and O–H groups in total. The third-order valence-electron chi connectivity index (χ3n) is 0.544. The Morgan fingerprint density at radius 3 is 1.50 bits per heavy atom. The van der Waals surface area contributed by atoms with Crippen molar-refractivity contribution in [1.29, 1.82) is 0 Å². The Kier molecular flexibility index (Phi) is 22.3. The number of hydrogen-bond acceptors (Lipinski definition) is 1. The molecule has 0 saturated heterocycles. The summed E-state index contributed by atoms with van der Waals surface area (Å²) in [6.07, 6.45) is 0.437. The zero-order valence-corrected chi connectivity index (χ0v) is 11.0. The third-order valence-corrected chi connectivity index (χ3v) is 1.63. The SMILES string of the molecule is CC(C)O[SiH](C)C.[CH3][Mg+].[Cl-]. The van der Waals surface area contributed by atoms with Crippen LogP contribution in [0, 0.1) is 0 Å². The van der Waals surface area contributed by atoms with E-state index in [2.05, 4.69) is 26.9 Å². The normalized spacial score (nSPS) is 8.50. The summed E-state index contributed by atoms with van der Waals surface area (Å²) in [6, 6.07) is 0. The van der Waals surface area contributed by atoms with Gasteiger partial charge in [-0.2, -0.15) is 0 Å². The van der Waals surface area contributed by atoms with Gasteiger partial charge in [-0.3, -0.25) is 0 Å². The van der Waals surface area contributed by atoms with Gasteiger partial charge in [0.2, 0.25) is 0 Å². The van der Waals surface area contributed by atoms with Crippen molar-refractivity contribution in [3.05, 3.63) is 0 Å². The number of hydrogen-bond donors (Lipinski definition) is 0. The summed E-state index contributed by atoms with van der Waals surface area (Å²) in [5.41, 5.74) is 0. The van der Waals surface area contributed by atoms with Crippen molar-refractivity contribution in [2.24, 2.45) is 0 Å². The van der Waals surface area contributed by atoms with Crippen molar-refractivity contribution in [2.45, 2.75) is 38.1 Å². The van der Waals surface area contributed by atoms with Crippen molar-refractivity contribution in [2.75, 3.05) is 0 Å². The quantitative estimate of drug-likeness (QED) is 0.490. The van der Waals surface area contributed by atoms with Gasteiger partial charge in [0.1, 0.15) is 0 Å². The van der Waals surface area contributed by atoms with Crippen molar-refractivity contribution in [1.82, 2.24) is 0 Å². The van der Waals surface area contributed by atoms with E-state index < -0.39 is 9.04 Å². The smallest absolute Gasteiger partial charge is 1.00 e. The van der Waals surface area contributed by atoms with Crippen molar-refractivity contribution < 1.29 is 16.8 Å². The molecule has 0 unspecified atom stereocenters. The fourth-order valence-electron chi connectivity index (χ4n) is 0.544. The Bertz CT molecular complexity index is 47.0. The molecule has 0 aromatic heterocycles. The third kappa shape index (κ3) is 22.9. The van der Waals surface area contributed by atoms with Gasteiger partial charge < -0.3 is 16.8 Å². The molecule has 0 fully saturated rings. The van der Waals surface area contributed by atoms with E-state index >= 15 is 0 Å². The van der Waals surface area contributed by atoms with Crippen LogP contribution in [0.1, 0.15) is 13.8 Å². The summed E-state index contributed by atoms with van der Waals surface area (Å²) >= 11 is 1.86. The van der Waals surface area contributed by atoms with Crippen LogP contribution in [0.3, 0.4) is 0 Å². The second-order valence-electron chi connectivity index (χ2n) is 2.23. The largest absolute Gasteiger partial charge is 1.00 e. The molecule has 0 atom stereocenters. The van der Waals surface area contributed by atoms with E-state index in [1.807, 2.05) is 26.8 Å². The Morgan fingerprint density at radius 1 is 1.20 bits per heavy atom. The van der Waals surface area contributed by atoms with Crippen LogP contribution in [0.15, 0.2) is 0 Å². The van der Waals surface area contributed by atoms with E-state index in [0.29, 0.717) is 6.10 Å². The fourth-order valence-corrected chi connectivity index (χ4v) is 1.63. The van der Waals surface area contributed by atoms with Crippen LogP contribution >= 0.6 is 0 Å². The van der Waals surface area contributed by atoms with E-state index in [4.69, 9.17) is 4.43 Å². The maximum atomic E-state index is 5.39. The molecule has 60 valence electrons. The van der Waals surface area contributed by atoms with Gasteiger partial charge in [0, 0.05) is 6.10 Å². The molecule has 1 nitrogen and oxygen atoms in total. The fraction of sp³-hybridized carbons (Fsp3) is 1.00. The Labute approximate surface area is 85.5 Å². The topological polar surface area (TPSA) is 9.23 Å². The van der Waals surface area contributed by atoms with Gasteiger partial charge in [0.05, 0.1) is 0 Å². The molecule has 0 aliphatic rings. The van der Waals surface area contributed by atoms with Crippen LogP contribution in [0.2, 0.25) is 18.1 Å². The average Bonchev–Trinajstić information content (AvgIpc) is 1.68. The first-order valence-corrected chi connectivity index (χ1v) is 7.68. The van der Waals surface area contributed by atoms with Crippen molar-refractivity contribution >= 4 is 30.7 Å². The monoisotopic (exact) mass is 192 g/mol. The molecule has 0 saturated carbocycles. The first-order valence-electron chi connectivity index (χ1n) is 3.49. The molecule has 0 radical (unpaired) electrons. The molecule has 10 heavy (non-hydrogen) atoms. The zero-order valence-electron chi connectivity index (χ0n) is 7.65. The van der Waals surface area contributed by atoms with Gasteiger partial charge in [-0.05, 0) is 26.9 Å². The minimum Gasteiger partial charge on any atom is -1.00 e. The minimum atomic E-state index is -0.728. The summed E-state index contributed by atoms with van der Waals surface area (Å²) < 4.78 is 5.39. The molecular formula is C6H17ClMgOSi. The first kappa shape index (κ1) is 17.4. The molecular weight excluding hydrogens is 176 g/mol. The van der Waals surface area contributed by atoms with Gasteiger partial charge in [0.15, 0.2) is 9.04 Å². The van der Waals surface area contributed by atoms with Crippen molar-refractivity contribution in [3.8, 4) is 0 Å². The summed E-state index contributed by atoms with van der Waals surface area (Å²) in [5.74, 6) is 0. The number of rotatable bonds is 2. The minimum absolute atomic E-state index is 0. The van der Waals surface area contributed by atoms with E-state index in [9.17, 15) is 0 Å². The molecule has 0 rings (SSSR count). The van der Waals surface area contributed by atoms with Gasteiger partial charge >= 0.3 is 26.8 Å². The van der Waals surface area contributed by atoms with Crippen LogP contribution in [0.25, 0.3) is 0 Å². The van der Waals surface area contributed by atoms with Gasteiger partial charge in [-0.15, -0.1) is 0 Å². The van der Waals surface area contributed by atoms with E-state index in [1.54, 1.807) is 0 Å². The van der Waals surface area contributed by atoms with Crippen LogP contribution in [-0.2, 0) is 4.43 Å². The maximum Gasteiger partial charge on any atom is -1.00 e. The average molecular weight is 193 g/mol. The molecule has 0 amide bonds. The summed E-state index contributed by atoms with van der Waals surface area (Å²) in [6.45, 7) is 8.51. The molecule has 0 bridgehead atoms. The summed E-state index contributed by atoms with van der Waals surface area (Å²) in [4.78, 5) is 0. The Morgan fingerprint density at radius 2 is 1.50 bits per heavy atom. The Hall–Kier alpha value is 1.23.